The Balaban J connectivity index is 1.74. The molecular weight excluding hydrogens is 340 g/mol. The average molecular weight is 364 g/mol. The molecule has 3 aromatic rings. The highest BCUT2D eigenvalue weighted by atomic mass is 16.1. The third kappa shape index (κ3) is 4.80. The lowest BCUT2D eigenvalue weighted by molar-refractivity contribution is -0.116. The summed E-state index contributed by atoms with van der Waals surface area (Å²) in [6.07, 6.45) is 2.33. The van der Waals surface area contributed by atoms with E-state index in [1.54, 1.807) is 6.07 Å². The van der Waals surface area contributed by atoms with Crippen LogP contribution in [-0.4, -0.2) is 29.2 Å². The second-order valence-corrected chi connectivity index (χ2v) is 6.39. The van der Waals surface area contributed by atoms with Crippen molar-refractivity contribution in [3.05, 3.63) is 58.9 Å². The zero-order chi connectivity index (χ0) is 19.1. The van der Waals surface area contributed by atoms with Crippen LogP contribution in [0.15, 0.2) is 53.3 Å². The molecule has 6 nitrogen and oxygen atoms in total. The van der Waals surface area contributed by atoms with Crippen molar-refractivity contribution in [3.8, 4) is 11.3 Å². The Morgan fingerprint density at radius 3 is 2.70 bits per heavy atom. The summed E-state index contributed by atoms with van der Waals surface area (Å²) in [5, 5.41) is 14.3. The van der Waals surface area contributed by atoms with Crippen LogP contribution in [0.4, 0.5) is 5.69 Å². The fraction of sp³-hybridized carbons (Fsp3) is 0.286. The van der Waals surface area contributed by atoms with Crippen molar-refractivity contribution < 1.29 is 4.79 Å². The number of amides is 1. The Labute approximate surface area is 158 Å². The molecule has 1 heterocycles. The summed E-state index contributed by atoms with van der Waals surface area (Å²) < 4.78 is 0. The fourth-order valence-electron chi connectivity index (χ4n) is 3.01. The van der Waals surface area contributed by atoms with Crippen molar-refractivity contribution in [2.45, 2.75) is 26.2 Å². The molecule has 0 bridgehead atoms. The number of rotatable bonds is 8. The summed E-state index contributed by atoms with van der Waals surface area (Å²) in [6, 6.07) is 14.9. The summed E-state index contributed by atoms with van der Waals surface area (Å²) in [7, 11) is 0. The Hall–Kier alpha value is -2.99. The van der Waals surface area contributed by atoms with Gasteiger partial charge in [-0.3, -0.25) is 9.59 Å². The molecule has 2 aromatic carbocycles. The molecule has 0 saturated carbocycles. The van der Waals surface area contributed by atoms with E-state index in [1.165, 1.54) is 0 Å². The standard InChI is InChI=1S/C21H24N4O2/c1-2-22-13-6-5-12-19(26)23-16-9-7-8-15(14-16)20-17-10-3-4-11-18(17)21(27)25-24-20/h3-4,7-11,14,22H,2,5-6,12-13H2,1H3,(H,23,26)(H,25,27). The van der Waals surface area contributed by atoms with Crippen molar-refractivity contribution in [2.24, 2.45) is 0 Å². The molecule has 3 rings (SSSR count). The van der Waals surface area contributed by atoms with Gasteiger partial charge in [-0.15, -0.1) is 0 Å². The lowest BCUT2D eigenvalue weighted by atomic mass is 10.0. The minimum Gasteiger partial charge on any atom is -0.326 e. The third-order valence-electron chi connectivity index (χ3n) is 4.37. The number of nitrogens with zero attached hydrogens (tertiary/aromatic N) is 1. The Bertz CT molecular complexity index is 981. The van der Waals surface area contributed by atoms with Gasteiger partial charge >= 0.3 is 0 Å². The molecule has 6 heteroatoms. The SMILES string of the molecule is CCNCCCCC(=O)Nc1cccc(-c2n[nH]c(=O)c3ccccc23)c1. The maximum Gasteiger partial charge on any atom is 0.272 e. The van der Waals surface area contributed by atoms with Crippen LogP contribution in [0.1, 0.15) is 26.2 Å². The summed E-state index contributed by atoms with van der Waals surface area (Å²) in [5.74, 6) is 0.00272. The van der Waals surface area contributed by atoms with E-state index >= 15 is 0 Å². The van der Waals surface area contributed by atoms with Gasteiger partial charge in [-0.25, -0.2) is 5.10 Å². The second kappa shape index (κ2) is 9.09. The van der Waals surface area contributed by atoms with Gasteiger partial charge in [-0.05, 0) is 44.1 Å². The average Bonchev–Trinajstić information content (AvgIpc) is 2.68. The van der Waals surface area contributed by atoms with Gasteiger partial charge in [-0.1, -0.05) is 37.3 Å². The second-order valence-electron chi connectivity index (χ2n) is 6.39. The molecule has 1 amide bonds. The molecule has 3 N–H and O–H groups in total. The van der Waals surface area contributed by atoms with E-state index in [0.717, 1.165) is 42.6 Å². The Morgan fingerprint density at radius 2 is 1.89 bits per heavy atom. The molecule has 0 radical (unpaired) electrons. The summed E-state index contributed by atoms with van der Waals surface area (Å²) in [6.45, 7) is 3.96. The van der Waals surface area contributed by atoms with Crippen LogP contribution < -0.4 is 16.2 Å². The van der Waals surface area contributed by atoms with Gasteiger partial charge in [0, 0.05) is 23.1 Å². The number of benzene rings is 2. The fourth-order valence-corrected chi connectivity index (χ4v) is 3.01. The van der Waals surface area contributed by atoms with Gasteiger partial charge in [0.25, 0.3) is 5.56 Å². The number of hydrogen-bond acceptors (Lipinski definition) is 4. The zero-order valence-corrected chi connectivity index (χ0v) is 15.4. The number of aromatic nitrogens is 2. The molecule has 0 aliphatic rings. The molecule has 0 spiro atoms. The molecule has 0 fully saturated rings. The normalized spacial score (nSPS) is 10.9. The summed E-state index contributed by atoms with van der Waals surface area (Å²) in [5.41, 5.74) is 2.04. The van der Waals surface area contributed by atoms with Gasteiger partial charge < -0.3 is 10.6 Å². The van der Waals surface area contributed by atoms with Crippen LogP contribution in [0, 0.1) is 0 Å². The molecule has 1 aromatic heterocycles. The van der Waals surface area contributed by atoms with Crippen LogP contribution in [0.25, 0.3) is 22.0 Å². The number of anilines is 1. The minimum absolute atomic E-state index is 0.00272. The highest BCUT2D eigenvalue weighted by Crippen LogP contribution is 2.26. The third-order valence-corrected chi connectivity index (χ3v) is 4.37. The zero-order valence-electron chi connectivity index (χ0n) is 15.4. The lowest BCUT2D eigenvalue weighted by Gasteiger charge is -2.09. The first-order chi connectivity index (χ1) is 13.2. The highest BCUT2D eigenvalue weighted by molar-refractivity contribution is 5.95. The summed E-state index contributed by atoms with van der Waals surface area (Å²) in [4.78, 5) is 24.1. The van der Waals surface area contributed by atoms with E-state index in [9.17, 15) is 9.59 Å². The van der Waals surface area contributed by atoms with Crippen LogP contribution >= 0.6 is 0 Å². The van der Waals surface area contributed by atoms with Crippen LogP contribution in [0.5, 0.6) is 0 Å². The number of carbonyl (C=O) groups is 1. The van der Waals surface area contributed by atoms with Crippen LogP contribution in [0.2, 0.25) is 0 Å². The minimum atomic E-state index is -0.212. The van der Waals surface area contributed by atoms with Gasteiger partial charge in [-0.2, -0.15) is 5.10 Å². The van der Waals surface area contributed by atoms with Gasteiger partial charge in [0.05, 0.1) is 11.1 Å². The van der Waals surface area contributed by atoms with E-state index in [2.05, 4.69) is 27.8 Å². The predicted molar refractivity (Wildman–Crippen MR) is 109 cm³/mol. The monoisotopic (exact) mass is 364 g/mol. The maximum atomic E-state index is 12.2. The Morgan fingerprint density at radius 1 is 1.07 bits per heavy atom. The molecular formula is C21H24N4O2. The van der Waals surface area contributed by atoms with Crippen LogP contribution in [0.3, 0.4) is 0 Å². The maximum absolute atomic E-state index is 12.2. The van der Waals surface area contributed by atoms with Crippen LogP contribution in [-0.2, 0) is 4.79 Å². The molecule has 0 aliphatic carbocycles. The lowest BCUT2D eigenvalue weighted by Crippen LogP contribution is -2.15. The number of H-pyrrole nitrogens is 1. The Kier molecular flexibility index (Phi) is 6.33. The number of carbonyl (C=O) groups excluding carboxylic acids is 1. The van der Waals surface area contributed by atoms with E-state index in [1.807, 2.05) is 42.5 Å². The number of hydrogen-bond donors (Lipinski definition) is 3. The number of aromatic amines is 1. The first-order valence-corrected chi connectivity index (χ1v) is 9.27. The van der Waals surface area contributed by atoms with Crippen molar-refractivity contribution in [1.82, 2.24) is 15.5 Å². The van der Waals surface area contributed by atoms with Crippen molar-refractivity contribution in [3.63, 3.8) is 0 Å². The molecule has 0 saturated heterocycles. The predicted octanol–water partition coefficient (Wildman–Crippen LogP) is 3.31. The van der Waals surface area contributed by atoms with E-state index < -0.39 is 0 Å². The number of unbranched alkanes of at least 4 members (excludes halogenated alkanes) is 1. The van der Waals surface area contributed by atoms with Crippen molar-refractivity contribution in [1.29, 1.82) is 0 Å². The van der Waals surface area contributed by atoms with Crippen molar-refractivity contribution >= 4 is 22.4 Å². The molecule has 0 aliphatic heterocycles. The number of fused-ring (bicyclic) bond motifs is 1. The quantitative estimate of drug-likeness (QED) is 0.535. The van der Waals surface area contributed by atoms with E-state index in [-0.39, 0.29) is 11.5 Å². The van der Waals surface area contributed by atoms with E-state index in [0.29, 0.717) is 17.5 Å². The first kappa shape index (κ1) is 18.8. The van der Waals surface area contributed by atoms with E-state index in [4.69, 9.17) is 0 Å². The summed E-state index contributed by atoms with van der Waals surface area (Å²) >= 11 is 0. The molecule has 0 atom stereocenters. The van der Waals surface area contributed by atoms with Gasteiger partial charge in [0.1, 0.15) is 0 Å². The molecule has 0 unspecified atom stereocenters. The van der Waals surface area contributed by atoms with Gasteiger partial charge in [0.2, 0.25) is 5.91 Å². The smallest absolute Gasteiger partial charge is 0.272 e. The highest BCUT2D eigenvalue weighted by Gasteiger charge is 2.09. The molecule has 140 valence electrons. The van der Waals surface area contributed by atoms with Crippen molar-refractivity contribution in [2.75, 3.05) is 18.4 Å². The molecule has 27 heavy (non-hydrogen) atoms. The first-order valence-electron chi connectivity index (χ1n) is 9.27. The largest absolute Gasteiger partial charge is 0.326 e. The topological polar surface area (TPSA) is 86.9 Å². The number of nitrogens with one attached hydrogen (secondary N) is 3. The van der Waals surface area contributed by atoms with Gasteiger partial charge in [0.15, 0.2) is 0 Å².